The van der Waals surface area contributed by atoms with Gasteiger partial charge in [-0.1, -0.05) is 50.7 Å². The monoisotopic (exact) mass is 286 g/mol. The molecule has 1 aromatic carbocycles. The van der Waals surface area contributed by atoms with E-state index in [2.05, 4.69) is 50.0 Å². The van der Waals surface area contributed by atoms with Crippen molar-refractivity contribution in [3.05, 3.63) is 53.7 Å². The van der Waals surface area contributed by atoms with Crippen molar-refractivity contribution in [2.45, 2.75) is 49.1 Å². The molecule has 0 aliphatic rings. The number of rotatable bonds is 3. The number of nitrogens with zero attached hydrogens (tertiary/aromatic N) is 1. The maximum Gasteiger partial charge on any atom is 0.101 e. The molecule has 2 N–H and O–H groups in total. The lowest BCUT2D eigenvalue weighted by Gasteiger charge is -2.19. The van der Waals surface area contributed by atoms with Gasteiger partial charge in [0.15, 0.2) is 0 Å². The summed E-state index contributed by atoms with van der Waals surface area (Å²) in [4.78, 5) is 5.66. The van der Waals surface area contributed by atoms with E-state index in [9.17, 15) is 0 Å². The van der Waals surface area contributed by atoms with Crippen molar-refractivity contribution < 1.29 is 0 Å². The van der Waals surface area contributed by atoms with Crippen LogP contribution in [0.25, 0.3) is 0 Å². The van der Waals surface area contributed by atoms with Crippen LogP contribution in [-0.4, -0.2) is 4.98 Å². The van der Waals surface area contributed by atoms with Crippen LogP contribution in [0.15, 0.2) is 52.5 Å². The molecule has 2 rings (SSSR count). The van der Waals surface area contributed by atoms with E-state index in [1.807, 2.05) is 25.3 Å². The van der Waals surface area contributed by atoms with Crippen LogP contribution < -0.4 is 5.73 Å². The molecule has 0 fully saturated rings. The third-order valence-corrected chi connectivity index (χ3v) is 4.19. The summed E-state index contributed by atoms with van der Waals surface area (Å²) >= 11 is 1.68. The van der Waals surface area contributed by atoms with Gasteiger partial charge >= 0.3 is 0 Å². The molecule has 1 atom stereocenters. The van der Waals surface area contributed by atoms with Crippen molar-refractivity contribution >= 4 is 11.8 Å². The summed E-state index contributed by atoms with van der Waals surface area (Å²) in [7, 11) is 0. The molecule has 0 radical (unpaired) electrons. The van der Waals surface area contributed by atoms with Gasteiger partial charge in [0.1, 0.15) is 5.03 Å². The number of pyridine rings is 1. The van der Waals surface area contributed by atoms with Crippen LogP contribution in [0.4, 0.5) is 0 Å². The smallest absolute Gasteiger partial charge is 0.101 e. The fraction of sp³-hybridized carbons (Fsp3) is 0.353. The predicted molar refractivity (Wildman–Crippen MR) is 86.1 cm³/mol. The summed E-state index contributed by atoms with van der Waals surface area (Å²) in [6.45, 7) is 8.64. The average molecular weight is 286 g/mol. The van der Waals surface area contributed by atoms with Crippen LogP contribution in [0.1, 0.15) is 44.9 Å². The van der Waals surface area contributed by atoms with E-state index < -0.39 is 0 Å². The minimum Gasteiger partial charge on any atom is -0.324 e. The van der Waals surface area contributed by atoms with E-state index in [1.165, 1.54) is 10.5 Å². The van der Waals surface area contributed by atoms with Crippen molar-refractivity contribution in [2.75, 3.05) is 0 Å². The van der Waals surface area contributed by atoms with E-state index in [1.54, 1.807) is 11.8 Å². The molecule has 0 saturated heterocycles. The normalized spacial score (nSPS) is 13.2. The summed E-state index contributed by atoms with van der Waals surface area (Å²) in [5, 5.41) is 0.998. The topological polar surface area (TPSA) is 38.9 Å². The first kappa shape index (κ1) is 15.1. The van der Waals surface area contributed by atoms with Gasteiger partial charge in [-0.05, 0) is 41.7 Å². The standard InChI is InChI=1S/C17H22N2S/c1-12(18)13-5-10-16(19-11-13)20-15-8-6-14(7-9-15)17(2,3)4/h5-12H,18H2,1-4H3/t12-/m1/s1. The molecular weight excluding hydrogens is 264 g/mol. The number of aromatic nitrogens is 1. The molecule has 0 aliphatic carbocycles. The summed E-state index contributed by atoms with van der Waals surface area (Å²) < 4.78 is 0. The quantitative estimate of drug-likeness (QED) is 0.899. The highest BCUT2D eigenvalue weighted by Gasteiger charge is 2.13. The van der Waals surface area contributed by atoms with Gasteiger partial charge in [0, 0.05) is 17.1 Å². The van der Waals surface area contributed by atoms with Crippen LogP contribution >= 0.6 is 11.8 Å². The Balaban J connectivity index is 2.10. The molecule has 0 saturated carbocycles. The zero-order chi connectivity index (χ0) is 14.8. The Labute approximate surface area is 125 Å². The van der Waals surface area contributed by atoms with E-state index in [0.717, 1.165) is 10.6 Å². The summed E-state index contributed by atoms with van der Waals surface area (Å²) in [6.07, 6.45) is 1.86. The van der Waals surface area contributed by atoms with Crippen molar-refractivity contribution in [3.63, 3.8) is 0 Å². The predicted octanol–water partition coefficient (Wildman–Crippen LogP) is 4.55. The first-order chi connectivity index (χ1) is 9.36. The van der Waals surface area contributed by atoms with Gasteiger partial charge in [0.05, 0.1) is 0 Å². The number of hydrogen-bond donors (Lipinski definition) is 1. The van der Waals surface area contributed by atoms with Gasteiger partial charge in [0.25, 0.3) is 0 Å². The molecule has 0 bridgehead atoms. The summed E-state index contributed by atoms with van der Waals surface area (Å²) in [5.41, 5.74) is 8.44. The van der Waals surface area contributed by atoms with Gasteiger partial charge in [-0.2, -0.15) is 0 Å². The van der Waals surface area contributed by atoms with Crippen LogP contribution in [0.2, 0.25) is 0 Å². The van der Waals surface area contributed by atoms with Gasteiger partial charge in [-0.25, -0.2) is 4.98 Å². The fourth-order valence-electron chi connectivity index (χ4n) is 1.87. The highest BCUT2D eigenvalue weighted by atomic mass is 32.2. The van der Waals surface area contributed by atoms with Crippen molar-refractivity contribution in [1.29, 1.82) is 0 Å². The van der Waals surface area contributed by atoms with Crippen molar-refractivity contribution in [2.24, 2.45) is 5.73 Å². The number of hydrogen-bond acceptors (Lipinski definition) is 3. The van der Waals surface area contributed by atoms with Gasteiger partial charge in [-0.15, -0.1) is 0 Å². The van der Waals surface area contributed by atoms with Gasteiger partial charge in [0.2, 0.25) is 0 Å². The highest BCUT2D eigenvalue weighted by Crippen LogP contribution is 2.29. The van der Waals surface area contributed by atoms with Crippen LogP contribution in [0.3, 0.4) is 0 Å². The minimum atomic E-state index is 0.0348. The van der Waals surface area contributed by atoms with Gasteiger partial charge < -0.3 is 5.73 Å². The van der Waals surface area contributed by atoms with E-state index in [4.69, 9.17) is 5.73 Å². The SMILES string of the molecule is C[C@@H](N)c1ccc(Sc2ccc(C(C)(C)C)cc2)nc1. The lowest BCUT2D eigenvalue weighted by atomic mass is 9.87. The van der Waals surface area contributed by atoms with Gasteiger partial charge in [-0.3, -0.25) is 0 Å². The first-order valence-corrected chi connectivity index (χ1v) is 7.68. The molecule has 0 amide bonds. The Morgan fingerprint density at radius 2 is 1.70 bits per heavy atom. The van der Waals surface area contributed by atoms with Crippen LogP contribution in [0.5, 0.6) is 0 Å². The second-order valence-electron chi connectivity index (χ2n) is 6.09. The molecule has 106 valence electrons. The molecule has 2 nitrogen and oxygen atoms in total. The third-order valence-electron chi connectivity index (χ3n) is 3.23. The van der Waals surface area contributed by atoms with E-state index in [-0.39, 0.29) is 11.5 Å². The maximum absolute atomic E-state index is 5.83. The lowest BCUT2D eigenvalue weighted by molar-refractivity contribution is 0.590. The minimum absolute atomic E-state index is 0.0348. The fourth-order valence-corrected chi connectivity index (χ4v) is 2.62. The Kier molecular flexibility index (Phi) is 4.51. The second kappa shape index (κ2) is 5.98. The lowest BCUT2D eigenvalue weighted by Crippen LogP contribution is -2.10. The zero-order valence-corrected chi connectivity index (χ0v) is 13.4. The number of benzene rings is 1. The Bertz CT molecular complexity index is 551. The Morgan fingerprint density at radius 1 is 1.05 bits per heavy atom. The summed E-state index contributed by atoms with van der Waals surface area (Å²) in [5.74, 6) is 0. The molecule has 1 heterocycles. The molecular formula is C17H22N2S. The molecule has 0 unspecified atom stereocenters. The van der Waals surface area contributed by atoms with Crippen molar-refractivity contribution in [1.82, 2.24) is 4.98 Å². The largest absolute Gasteiger partial charge is 0.324 e. The second-order valence-corrected chi connectivity index (χ2v) is 7.19. The van der Waals surface area contributed by atoms with Crippen LogP contribution in [-0.2, 0) is 5.41 Å². The number of nitrogens with two attached hydrogens (primary N) is 1. The molecule has 2 aromatic rings. The average Bonchev–Trinajstić information content (AvgIpc) is 2.39. The van der Waals surface area contributed by atoms with E-state index >= 15 is 0 Å². The van der Waals surface area contributed by atoms with E-state index in [0.29, 0.717) is 0 Å². The summed E-state index contributed by atoms with van der Waals surface area (Å²) in [6, 6.07) is 12.8. The van der Waals surface area contributed by atoms with Crippen molar-refractivity contribution in [3.8, 4) is 0 Å². The Morgan fingerprint density at radius 3 is 2.15 bits per heavy atom. The zero-order valence-electron chi connectivity index (χ0n) is 12.6. The highest BCUT2D eigenvalue weighted by molar-refractivity contribution is 7.99. The molecule has 20 heavy (non-hydrogen) atoms. The molecule has 1 aromatic heterocycles. The molecule has 3 heteroatoms. The third kappa shape index (κ3) is 3.84. The first-order valence-electron chi connectivity index (χ1n) is 6.86. The molecule has 0 spiro atoms. The van der Waals surface area contributed by atoms with Crippen LogP contribution in [0, 0.1) is 0 Å². The maximum atomic E-state index is 5.83. The Hall–Kier alpha value is -1.32. The molecule has 0 aliphatic heterocycles.